The first-order valence-corrected chi connectivity index (χ1v) is 15.4. The highest BCUT2D eigenvalue weighted by atomic mass is 127. The van der Waals surface area contributed by atoms with Crippen LogP contribution >= 0.6 is 28.4 Å². The molecule has 0 saturated carbocycles. The molecule has 0 radical (unpaired) electrons. The molecule has 5 rings (SSSR count). The van der Waals surface area contributed by atoms with E-state index in [2.05, 4.69) is 62.4 Å². The molecule has 0 fully saturated rings. The Morgan fingerprint density at radius 2 is 1.83 bits per heavy atom. The minimum absolute atomic E-state index is 0.0408. The first-order valence-electron chi connectivity index (χ1n) is 11.3. The standard InChI is InChI=1S/C24H28IN8OP/c1-15-17-7-8-20-18-12-16(6-9-21(18)33(28-20)35-25)19-13-26-31(4)22(19)14-29(2)10-11-30(3)24(34)23(17)32(5)27-15/h6-9,12-13,35H,10-11,14H2,1-5H3/b8-7+. The summed E-state index contributed by atoms with van der Waals surface area (Å²) in [6.07, 6.45) is 6.40. The SMILES string of the molecule is Cc1nn(C)c2c1/C=C/c1nn(PI)c3ccc(cc13)-c1cnn(C)c1CN(C)CCN(C)C2=O. The van der Waals surface area contributed by atoms with Gasteiger partial charge >= 0.3 is 0 Å². The highest BCUT2D eigenvalue weighted by molar-refractivity contribution is 14.2. The quantitative estimate of drug-likeness (QED) is 0.244. The number of rotatable bonds is 1. The van der Waals surface area contributed by atoms with E-state index in [9.17, 15) is 4.79 Å². The number of benzene rings is 1. The molecule has 1 amide bonds. The monoisotopic (exact) mass is 602 g/mol. The summed E-state index contributed by atoms with van der Waals surface area (Å²) in [6.45, 7) is 4.01. The van der Waals surface area contributed by atoms with Crippen molar-refractivity contribution in [2.24, 2.45) is 14.1 Å². The number of aryl methyl sites for hydroxylation is 3. The number of carbonyl (C=O) groups excluding carboxylic acids is 1. The average Bonchev–Trinajstić information content (AvgIpc) is 3.47. The third-order valence-corrected chi connectivity index (χ3v) is 8.50. The summed E-state index contributed by atoms with van der Waals surface area (Å²) >= 11 is 2.36. The number of likely N-dealkylation sites (N-methyl/N-ethyl adjacent to an activating group) is 2. The van der Waals surface area contributed by atoms with Crippen LogP contribution in [0.4, 0.5) is 0 Å². The Morgan fingerprint density at radius 3 is 2.60 bits per heavy atom. The maximum atomic E-state index is 13.4. The number of hydrogen-bond acceptors (Lipinski definition) is 5. The fraction of sp³-hybridized carbons (Fsp3) is 0.333. The molecule has 0 saturated heterocycles. The third kappa shape index (κ3) is 4.32. The molecule has 11 heteroatoms. The van der Waals surface area contributed by atoms with Gasteiger partial charge in [0.2, 0.25) is 0 Å². The van der Waals surface area contributed by atoms with E-state index < -0.39 is 0 Å². The number of hydrogen-bond donors (Lipinski definition) is 0. The molecule has 35 heavy (non-hydrogen) atoms. The van der Waals surface area contributed by atoms with E-state index in [-0.39, 0.29) is 5.91 Å². The molecule has 1 aliphatic heterocycles. The van der Waals surface area contributed by atoms with Crippen molar-refractivity contribution in [3.05, 3.63) is 52.7 Å². The van der Waals surface area contributed by atoms with Gasteiger partial charge in [0.25, 0.3) is 5.91 Å². The second-order valence-corrected chi connectivity index (χ2v) is 11.1. The predicted molar refractivity (Wildman–Crippen MR) is 150 cm³/mol. The molecule has 9 nitrogen and oxygen atoms in total. The summed E-state index contributed by atoms with van der Waals surface area (Å²) in [5.41, 5.74) is 7.57. The lowest BCUT2D eigenvalue weighted by atomic mass is 10.0. The molecular weight excluding hydrogens is 574 g/mol. The van der Waals surface area contributed by atoms with Gasteiger partial charge in [0.15, 0.2) is 0 Å². The van der Waals surface area contributed by atoms with Gasteiger partial charge in [0.05, 0.1) is 35.2 Å². The van der Waals surface area contributed by atoms with Crippen LogP contribution in [0.1, 0.15) is 33.1 Å². The molecule has 0 N–H and O–H groups in total. The summed E-state index contributed by atoms with van der Waals surface area (Å²) < 4.78 is 5.65. The van der Waals surface area contributed by atoms with Crippen molar-refractivity contribution < 1.29 is 4.79 Å². The summed E-state index contributed by atoms with van der Waals surface area (Å²) in [6, 6.07) is 6.51. The maximum absolute atomic E-state index is 13.4. The van der Waals surface area contributed by atoms with Crippen LogP contribution in [0.5, 0.6) is 0 Å². The van der Waals surface area contributed by atoms with Gasteiger partial charge in [-0.2, -0.15) is 15.3 Å². The summed E-state index contributed by atoms with van der Waals surface area (Å²) in [4.78, 5) is 17.4. The lowest BCUT2D eigenvalue weighted by Crippen LogP contribution is -2.36. The Hall–Kier alpha value is -2.56. The van der Waals surface area contributed by atoms with Gasteiger partial charge in [0.1, 0.15) is 5.69 Å². The molecule has 0 aliphatic carbocycles. The summed E-state index contributed by atoms with van der Waals surface area (Å²) in [5, 5.41) is 15.1. The Kier molecular flexibility index (Phi) is 6.54. The minimum atomic E-state index is -0.0408. The topological polar surface area (TPSA) is 77.0 Å². The van der Waals surface area contributed by atoms with Crippen LogP contribution in [0.3, 0.4) is 0 Å². The fourth-order valence-corrected chi connectivity index (χ4v) is 6.15. The molecule has 3 aromatic heterocycles. The second-order valence-electron chi connectivity index (χ2n) is 9.01. The van der Waals surface area contributed by atoms with Crippen LogP contribution in [0.2, 0.25) is 0 Å². The van der Waals surface area contributed by atoms with E-state index in [0.29, 0.717) is 18.6 Å². The molecule has 1 aliphatic rings. The fourth-order valence-electron chi connectivity index (χ4n) is 4.62. The molecule has 0 spiro atoms. The Labute approximate surface area is 219 Å². The second kappa shape index (κ2) is 9.48. The van der Waals surface area contributed by atoms with Crippen molar-refractivity contribution in [1.29, 1.82) is 0 Å². The zero-order valence-corrected chi connectivity index (χ0v) is 23.6. The molecule has 182 valence electrons. The Balaban J connectivity index is 1.73. The van der Waals surface area contributed by atoms with Gasteiger partial charge in [-0.05, 0) is 65.9 Å². The van der Waals surface area contributed by atoms with Gasteiger partial charge < -0.3 is 4.90 Å². The molecule has 2 bridgehead atoms. The molecule has 4 aromatic rings. The highest BCUT2D eigenvalue weighted by Gasteiger charge is 2.23. The van der Waals surface area contributed by atoms with Crippen molar-refractivity contribution in [1.82, 2.24) is 38.9 Å². The van der Waals surface area contributed by atoms with Crippen LogP contribution in [0.25, 0.3) is 34.2 Å². The summed E-state index contributed by atoms with van der Waals surface area (Å²) in [7, 11) is 7.73. The lowest BCUT2D eigenvalue weighted by molar-refractivity contribution is 0.0770. The maximum Gasteiger partial charge on any atom is 0.272 e. The zero-order valence-electron chi connectivity index (χ0n) is 20.4. The first-order chi connectivity index (χ1) is 16.8. The normalized spacial score (nSPS) is 16.5. The van der Waals surface area contributed by atoms with Gasteiger partial charge in [-0.1, -0.05) is 6.07 Å². The number of fused-ring (bicyclic) bond motifs is 4. The van der Waals surface area contributed by atoms with E-state index in [0.717, 1.165) is 57.8 Å². The van der Waals surface area contributed by atoms with Crippen LogP contribution in [0.15, 0.2) is 24.4 Å². The van der Waals surface area contributed by atoms with Crippen LogP contribution < -0.4 is 0 Å². The van der Waals surface area contributed by atoms with Gasteiger partial charge in [-0.3, -0.25) is 19.1 Å². The van der Waals surface area contributed by atoms with E-state index in [1.54, 1.807) is 9.58 Å². The van der Waals surface area contributed by atoms with Crippen LogP contribution in [0, 0.1) is 6.92 Å². The van der Waals surface area contributed by atoms with E-state index in [4.69, 9.17) is 5.10 Å². The van der Waals surface area contributed by atoms with Crippen molar-refractivity contribution in [2.75, 3.05) is 27.2 Å². The van der Waals surface area contributed by atoms with Gasteiger partial charge in [0, 0.05) is 57.3 Å². The van der Waals surface area contributed by atoms with E-state index >= 15 is 0 Å². The smallest absolute Gasteiger partial charge is 0.272 e. The molecular formula is C24H28IN8OP. The van der Waals surface area contributed by atoms with E-state index in [1.165, 1.54) is 0 Å². The Morgan fingerprint density at radius 1 is 1.03 bits per heavy atom. The van der Waals surface area contributed by atoms with Crippen molar-refractivity contribution in [3.8, 4) is 11.1 Å². The van der Waals surface area contributed by atoms with Crippen LogP contribution in [-0.4, -0.2) is 72.0 Å². The molecule has 4 heterocycles. The number of amides is 1. The Bertz CT molecular complexity index is 1470. The third-order valence-electron chi connectivity index (χ3n) is 6.62. The van der Waals surface area contributed by atoms with Gasteiger partial charge in [-0.25, -0.2) is 4.45 Å². The van der Waals surface area contributed by atoms with Crippen molar-refractivity contribution >= 4 is 57.4 Å². The molecule has 1 atom stereocenters. The lowest BCUT2D eigenvalue weighted by Gasteiger charge is -2.23. The number of halogens is 1. The predicted octanol–water partition coefficient (Wildman–Crippen LogP) is 3.96. The summed E-state index contributed by atoms with van der Waals surface area (Å²) in [5.74, 6) is -0.0408. The zero-order chi connectivity index (χ0) is 24.9. The first kappa shape index (κ1) is 24.1. The van der Waals surface area contributed by atoms with Crippen LogP contribution in [-0.2, 0) is 20.6 Å². The number of nitrogens with zero attached hydrogens (tertiary/aromatic N) is 8. The van der Waals surface area contributed by atoms with E-state index in [1.807, 2.05) is 55.5 Å². The molecule has 1 aromatic carbocycles. The number of aromatic nitrogens is 6. The average molecular weight is 602 g/mol. The largest absolute Gasteiger partial charge is 0.339 e. The van der Waals surface area contributed by atoms with Crippen molar-refractivity contribution in [2.45, 2.75) is 13.5 Å². The van der Waals surface area contributed by atoms with Gasteiger partial charge in [-0.15, -0.1) is 0 Å². The number of carbonyl (C=O) groups is 1. The van der Waals surface area contributed by atoms with Crippen molar-refractivity contribution in [3.63, 3.8) is 0 Å². The molecule has 1 unspecified atom stereocenters. The highest BCUT2D eigenvalue weighted by Crippen LogP contribution is 2.35. The minimum Gasteiger partial charge on any atom is -0.339 e.